The summed E-state index contributed by atoms with van der Waals surface area (Å²) < 4.78 is 28.3. The van der Waals surface area contributed by atoms with Gasteiger partial charge in [0.2, 0.25) is 10.0 Å². The van der Waals surface area contributed by atoms with E-state index in [4.69, 9.17) is 4.84 Å². The Labute approximate surface area is 142 Å². The van der Waals surface area contributed by atoms with E-state index >= 15 is 0 Å². The van der Waals surface area contributed by atoms with Gasteiger partial charge in [0.25, 0.3) is 0 Å². The lowest BCUT2D eigenvalue weighted by Crippen LogP contribution is -2.46. The molecule has 2 heterocycles. The monoisotopic (exact) mass is 356 g/mol. The second kappa shape index (κ2) is 7.03. The Morgan fingerprint density at radius 1 is 1.48 bits per heavy atom. The molecule has 128 valence electrons. The van der Waals surface area contributed by atoms with Crippen LogP contribution in [-0.2, 0) is 14.9 Å². The van der Waals surface area contributed by atoms with Crippen molar-refractivity contribution < 1.29 is 13.3 Å². The molecule has 2 fully saturated rings. The van der Waals surface area contributed by atoms with Crippen molar-refractivity contribution in [3.8, 4) is 0 Å². The molecule has 0 aromatic carbocycles. The van der Waals surface area contributed by atoms with Crippen molar-refractivity contribution in [3.63, 3.8) is 0 Å². The van der Waals surface area contributed by atoms with Gasteiger partial charge in [0, 0.05) is 24.5 Å². The van der Waals surface area contributed by atoms with Gasteiger partial charge in [-0.25, -0.2) is 8.42 Å². The van der Waals surface area contributed by atoms with Crippen LogP contribution in [-0.4, -0.2) is 49.3 Å². The first-order valence-electron chi connectivity index (χ1n) is 8.06. The van der Waals surface area contributed by atoms with Gasteiger partial charge in [0.1, 0.15) is 5.25 Å². The van der Waals surface area contributed by atoms with Crippen molar-refractivity contribution in [3.05, 3.63) is 35.0 Å². The summed E-state index contributed by atoms with van der Waals surface area (Å²) in [6.07, 6.45) is 5.78. The van der Waals surface area contributed by atoms with Gasteiger partial charge in [-0.2, -0.15) is 9.37 Å². The highest BCUT2D eigenvalue weighted by atomic mass is 32.2. The molecule has 1 saturated heterocycles. The van der Waals surface area contributed by atoms with Crippen molar-refractivity contribution in [1.29, 1.82) is 0 Å². The van der Waals surface area contributed by atoms with Gasteiger partial charge in [0.05, 0.1) is 12.6 Å². The van der Waals surface area contributed by atoms with Crippen LogP contribution in [0.3, 0.4) is 0 Å². The first-order valence-corrected chi connectivity index (χ1v) is 10.4. The van der Waals surface area contributed by atoms with Crippen molar-refractivity contribution in [2.24, 2.45) is 0 Å². The molecule has 0 N–H and O–H groups in total. The fourth-order valence-electron chi connectivity index (χ4n) is 3.62. The molecule has 7 heteroatoms. The molecule has 1 aliphatic carbocycles. The summed E-state index contributed by atoms with van der Waals surface area (Å²) in [6, 6.07) is 3.80. The number of rotatable bonds is 6. The molecule has 0 amide bonds. The van der Waals surface area contributed by atoms with Crippen LogP contribution in [0.15, 0.2) is 30.2 Å². The van der Waals surface area contributed by atoms with Crippen LogP contribution < -0.4 is 0 Å². The Hall–Kier alpha value is -0.730. The van der Waals surface area contributed by atoms with Crippen molar-refractivity contribution in [2.75, 3.05) is 20.2 Å². The summed E-state index contributed by atoms with van der Waals surface area (Å²) in [5.74, 6) is 0. The van der Waals surface area contributed by atoms with Gasteiger partial charge in [-0.05, 0) is 24.3 Å². The summed E-state index contributed by atoms with van der Waals surface area (Å²) in [4.78, 5) is 6.62. The SMILES string of the molecule is C=CCN(C1CCCC1)S(=O)(=O)C1CON(C)C1c1cccs1. The van der Waals surface area contributed by atoms with Crippen LogP contribution in [0.2, 0.25) is 0 Å². The zero-order chi connectivity index (χ0) is 16.4. The molecule has 2 atom stereocenters. The fraction of sp³-hybridized carbons (Fsp3) is 0.625. The number of hydrogen-bond donors (Lipinski definition) is 0. The quantitative estimate of drug-likeness (QED) is 0.736. The second-order valence-corrected chi connectivity index (χ2v) is 9.27. The summed E-state index contributed by atoms with van der Waals surface area (Å²) in [6.45, 7) is 4.34. The minimum atomic E-state index is -3.45. The van der Waals surface area contributed by atoms with E-state index in [9.17, 15) is 8.42 Å². The Balaban J connectivity index is 1.91. The highest BCUT2D eigenvalue weighted by molar-refractivity contribution is 7.89. The average Bonchev–Trinajstić information content (AvgIpc) is 3.25. The maximum Gasteiger partial charge on any atom is 0.221 e. The van der Waals surface area contributed by atoms with Crippen LogP contribution in [0.25, 0.3) is 0 Å². The highest BCUT2D eigenvalue weighted by Gasteiger charge is 2.47. The molecule has 5 nitrogen and oxygen atoms in total. The maximum absolute atomic E-state index is 13.3. The molecule has 2 unspecified atom stereocenters. The van der Waals surface area contributed by atoms with E-state index in [-0.39, 0.29) is 18.7 Å². The smallest absolute Gasteiger partial charge is 0.221 e. The first-order chi connectivity index (χ1) is 11.1. The minimum Gasteiger partial charge on any atom is -0.297 e. The molecule has 1 aliphatic heterocycles. The van der Waals surface area contributed by atoms with Crippen LogP contribution in [0.5, 0.6) is 0 Å². The zero-order valence-corrected chi connectivity index (χ0v) is 15.1. The van der Waals surface area contributed by atoms with Gasteiger partial charge in [-0.1, -0.05) is 25.0 Å². The number of hydroxylamine groups is 2. The Kier molecular flexibility index (Phi) is 5.22. The number of nitrogens with zero attached hydrogens (tertiary/aromatic N) is 2. The summed E-state index contributed by atoms with van der Waals surface area (Å²) in [7, 11) is -1.64. The lowest BCUT2D eigenvalue weighted by molar-refractivity contribution is -0.110. The molecular formula is C16H24N2O3S2. The topological polar surface area (TPSA) is 49.9 Å². The van der Waals surface area contributed by atoms with Crippen molar-refractivity contribution in [1.82, 2.24) is 9.37 Å². The molecular weight excluding hydrogens is 332 g/mol. The summed E-state index contributed by atoms with van der Waals surface area (Å²) in [5, 5.41) is 3.10. The average molecular weight is 357 g/mol. The first kappa shape index (κ1) is 17.1. The van der Waals surface area contributed by atoms with Gasteiger partial charge in [-0.15, -0.1) is 17.9 Å². The molecule has 1 aromatic rings. The third-order valence-corrected chi connectivity index (χ3v) is 7.97. The fourth-order valence-corrected chi connectivity index (χ4v) is 6.80. The van der Waals surface area contributed by atoms with E-state index < -0.39 is 15.3 Å². The Bertz CT molecular complexity index is 624. The summed E-state index contributed by atoms with van der Waals surface area (Å²) >= 11 is 1.58. The summed E-state index contributed by atoms with van der Waals surface area (Å²) in [5.41, 5.74) is 0. The lowest BCUT2D eigenvalue weighted by Gasteiger charge is -2.31. The minimum absolute atomic E-state index is 0.105. The van der Waals surface area contributed by atoms with Gasteiger partial charge >= 0.3 is 0 Å². The second-order valence-electron chi connectivity index (χ2n) is 6.18. The Morgan fingerprint density at radius 2 is 2.22 bits per heavy atom. The van der Waals surface area contributed by atoms with Crippen LogP contribution in [0.4, 0.5) is 0 Å². The van der Waals surface area contributed by atoms with E-state index in [1.54, 1.807) is 26.8 Å². The van der Waals surface area contributed by atoms with E-state index in [1.807, 2.05) is 24.6 Å². The van der Waals surface area contributed by atoms with E-state index in [0.29, 0.717) is 6.54 Å². The molecule has 0 bridgehead atoms. The van der Waals surface area contributed by atoms with Crippen molar-refractivity contribution in [2.45, 2.75) is 43.0 Å². The van der Waals surface area contributed by atoms with Crippen LogP contribution in [0, 0.1) is 0 Å². The van der Waals surface area contributed by atoms with Crippen LogP contribution >= 0.6 is 11.3 Å². The maximum atomic E-state index is 13.3. The lowest BCUT2D eigenvalue weighted by atomic mass is 10.2. The predicted octanol–water partition coefficient (Wildman–Crippen LogP) is 2.80. The normalized spacial score (nSPS) is 27.0. The standard InChI is InChI=1S/C16H24N2O3S2/c1-3-10-18(13-7-4-5-8-13)23(19,20)15-12-21-17(2)16(15)14-9-6-11-22-14/h3,6,9,11,13,15-16H,1,4-5,7-8,10,12H2,2H3. The molecule has 23 heavy (non-hydrogen) atoms. The molecule has 3 rings (SSSR count). The number of sulfonamides is 1. The molecule has 2 aliphatic rings. The van der Waals surface area contributed by atoms with E-state index in [2.05, 4.69) is 6.58 Å². The highest BCUT2D eigenvalue weighted by Crippen LogP contribution is 2.38. The molecule has 0 spiro atoms. The largest absolute Gasteiger partial charge is 0.297 e. The molecule has 1 saturated carbocycles. The Morgan fingerprint density at radius 3 is 2.83 bits per heavy atom. The van der Waals surface area contributed by atoms with Gasteiger partial charge < -0.3 is 0 Å². The third kappa shape index (κ3) is 3.25. The number of hydrogen-bond acceptors (Lipinski definition) is 5. The zero-order valence-electron chi connectivity index (χ0n) is 13.4. The molecule has 1 aromatic heterocycles. The van der Waals surface area contributed by atoms with E-state index in [0.717, 1.165) is 30.6 Å². The van der Waals surface area contributed by atoms with E-state index in [1.165, 1.54) is 0 Å². The predicted molar refractivity (Wildman–Crippen MR) is 92.6 cm³/mol. The molecule has 0 radical (unpaired) electrons. The van der Waals surface area contributed by atoms with Crippen LogP contribution in [0.1, 0.15) is 36.6 Å². The third-order valence-electron chi connectivity index (χ3n) is 4.77. The number of thiophene rings is 1. The van der Waals surface area contributed by atoms with Gasteiger partial charge in [-0.3, -0.25) is 4.84 Å². The van der Waals surface area contributed by atoms with Crippen molar-refractivity contribution >= 4 is 21.4 Å². The van der Waals surface area contributed by atoms with Gasteiger partial charge in [0.15, 0.2) is 0 Å².